The van der Waals surface area contributed by atoms with Crippen LogP contribution in [-0.4, -0.2) is 39.8 Å². The summed E-state index contributed by atoms with van der Waals surface area (Å²) >= 11 is 6.21. The monoisotopic (exact) mass is 389 g/mol. The highest BCUT2D eigenvalue weighted by Gasteiger charge is 2.17. The Bertz CT molecular complexity index is 1250. The molecule has 0 unspecified atom stereocenters. The molecule has 0 N–H and O–H groups in total. The summed E-state index contributed by atoms with van der Waals surface area (Å²) in [6.07, 6.45) is 0. The Morgan fingerprint density at radius 1 is 1.14 bits per heavy atom. The molecule has 0 saturated carbocycles. The van der Waals surface area contributed by atoms with Gasteiger partial charge >= 0.3 is 0 Å². The van der Waals surface area contributed by atoms with E-state index < -0.39 is 0 Å². The topological polar surface area (TPSA) is 55.5 Å². The van der Waals surface area contributed by atoms with Crippen molar-refractivity contribution in [1.29, 1.82) is 0 Å². The lowest BCUT2D eigenvalue weighted by Gasteiger charge is -2.21. The van der Waals surface area contributed by atoms with Crippen molar-refractivity contribution in [3.63, 3.8) is 0 Å². The van der Waals surface area contributed by atoms with Gasteiger partial charge < -0.3 is 9.64 Å². The van der Waals surface area contributed by atoms with E-state index in [1.807, 2.05) is 54.4 Å². The highest BCUT2D eigenvalue weighted by Crippen LogP contribution is 2.31. The fourth-order valence-electron chi connectivity index (χ4n) is 3.22. The summed E-state index contributed by atoms with van der Waals surface area (Å²) < 4.78 is 6.93. The number of fused-ring (bicyclic) bond motifs is 3. The molecule has 28 heavy (non-hydrogen) atoms. The van der Waals surface area contributed by atoms with Gasteiger partial charge in [0.1, 0.15) is 5.82 Å². The molecule has 0 atom stereocenters. The summed E-state index contributed by atoms with van der Waals surface area (Å²) in [7, 11) is 1.98. The molecule has 1 aliphatic heterocycles. The summed E-state index contributed by atoms with van der Waals surface area (Å²) in [5.74, 6) is 8.08. The lowest BCUT2D eigenvalue weighted by molar-refractivity contribution is -0.00300. The predicted molar refractivity (Wildman–Crippen MR) is 109 cm³/mol. The zero-order valence-electron chi connectivity index (χ0n) is 15.1. The number of halogens is 1. The minimum absolute atomic E-state index is 0.296. The largest absolute Gasteiger partial charge is 0.379 e. The molecule has 0 bridgehead atoms. The number of anilines is 2. The summed E-state index contributed by atoms with van der Waals surface area (Å²) in [5.41, 5.74) is 2.86. The minimum atomic E-state index is 0.296. The average molecular weight is 390 g/mol. The first kappa shape index (κ1) is 17.0. The molecule has 3 heterocycles. The third-order valence-corrected chi connectivity index (χ3v) is 5.05. The van der Waals surface area contributed by atoms with Crippen LogP contribution >= 0.6 is 11.6 Å². The van der Waals surface area contributed by atoms with Gasteiger partial charge in [0.05, 0.1) is 24.6 Å². The lowest BCUT2D eigenvalue weighted by atomic mass is 10.1. The molecular formula is C21H16ClN5O. The molecule has 1 aliphatic rings. The van der Waals surface area contributed by atoms with Gasteiger partial charge in [0.25, 0.3) is 5.78 Å². The van der Waals surface area contributed by atoms with E-state index in [9.17, 15) is 0 Å². The van der Waals surface area contributed by atoms with E-state index in [1.54, 1.807) is 4.40 Å². The smallest absolute Gasteiger partial charge is 0.258 e. The Labute approximate surface area is 166 Å². The number of hydrogen-bond acceptors (Lipinski definition) is 5. The molecule has 7 heteroatoms. The molecule has 2 aromatic heterocycles. The van der Waals surface area contributed by atoms with Crippen molar-refractivity contribution in [2.24, 2.45) is 5.92 Å². The van der Waals surface area contributed by atoms with Crippen LogP contribution in [0.1, 0.15) is 5.56 Å². The number of ether oxygens (including phenoxy) is 1. The first-order valence-electron chi connectivity index (χ1n) is 8.93. The molecule has 0 radical (unpaired) electrons. The molecule has 1 saturated heterocycles. The van der Waals surface area contributed by atoms with Crippen LogP contribution in [0.25, 0.3) is 16.7 Å². The van der Waals surface area contributed by atoms with E-state index in [-0.39, 0.29) is 0 Å². The quantitative estimate of drug-likeness (QED) is 0.489. The predicted octanol–water partition coefficient (Wildman–Crippen LogP) is 3.70. The van der Waals surface area contributed by atoms with Crippen LogP contribution in [0.5, 0.6) is 0 Å². The Balaban J connectivity index is 1.60. The summed E-state index contributed by atoms with van der Waals surface area (Å²) in [5, 5.41) is 9.31. The van der Waals surface area contributed by atoms with Crippen LogP contribution in [0, 0.1) is 17.8 Å². The van der Waals surface area contributed by atoms with E-state index in [2.05, 4.69) is 28.1 Å². The number of hydrogen-bond donors (Lipinski definition) is 0. The molecule has 4 aromatic rings. The van der Waals surface area contributed by atoms with Crippen LogP contribution in [0.15, 0.2) is 48.5 Å². The molecule has 5 rings (SSSR count). The number of aromatic nitrogens is 4. The Kier molecular flexibility index (Phi) is 4.12. The SMILES string of the molecule is CN(c1cccc(C#CC2COC2)c1)c1nc2nnc(Cl)n2c2ccccc12. The van der Waals surface area contributed by atoms with E-state index in [0.717, 1.165) is 41.2 Å². The zero-order chi connectivity index (χ0) is 19.1. The molecule has 1 fully saturated rings. The fourth-order valence-corrected chi connectivity index (χ4v) is 3.43. The zero-order valence-corrected chi connectivity index (χ0v) is 15.9. The third-order valence-electron chi connectivity index (χ3n) is 4.81. The van der Waals surface area contributed by atoms with Crippen molar-refractivity contribution in [3.8, 4) is 11.8 Å². The van der Waals surface area contributed by atoms with Gasteiger partial charge in [-0.1, -0.05) is 30.0 Å². The fraction of sp³-hybridized carbons (Fsp3) is 0.190. The van der Waals surface area contributed by atoms with Crippen LogP contribution in [0.4, 0.5) is 11.5 Å². The molecule has 138 valence electrons. The number of para-hydroxylation sites is 1. The number of benzene rings is 2. The minimum Gasteiger partial charge on any atom is -0.379 e. The molecule has 0 amide bonds. The Morgan fingerprint density at radius 2 is 2.00 bits per heavy atom. The van der Waals surface area contributed by atoms with Crippen molar-refractivity contribution >= 4 is 39.8 Å². The van der Waals surface area contributed by atoms with Gasteiger partial charge in [0.2, 0.25) is 5.28 Å². The van der Waals surface area contributed by atoms with Crippen molar-refractivity contribution in [1.82, 2.24) is 19.6 Å². The summed E-state index contributed by atoms with van der Waals surface area (Å²) in [6, 6.07) is 16.1. The van der Waals surface area contributed by atoms with Gasteiger partial charge in [-0.25, -0.2) is 4.40 Å². The maximum Gasteiger partial charge on any atom is 0.258 e. The highest BCUT2D eigenvalue weighted by molar-refractivity contribution is 6.29. The second-order valence-electron chi connectivity index (χ2n) is 6.67. The van der Waals surface area contributed by atoms with Gasteiger partial charge in [-0.15, -0.1) is 10.2 Å². The van der Waals surface area contributed by atoms with Gasteiger partial charge in [0.15, 0.2) is 0 Å². The van der Waals surface area contributed by atoms with Crippen LogP contribution in [0.3, 0.4) is 0 Å². The van der Waals surface area contributed by atoms with Gasteiger partial charge in [-0.05, 0) is 41.9 Å². The van der Waals surface area contributed by atoms with Crippen molar-refractivity contribution in [2.75, 3.05) is 25.2 Å². The molecule has 6 nitrogen and oxygen atoms in total. The highest BCUT2D eigenvalue weighted by atomic mass is 35.5. The van der Waals surface area contributed by atoms with Crippen molar-refractivity contribution in [2.45, 2.75) is 0 Å². The maximum absolute atomic E-state index is 6.21. The van der Waals surface area contributed by atoms with E-state index >= 15 is 0 Å². The molecule has 0 aliphatic carbocycles. The van der Waals surface area contributed by atoms with Gasteiger partial charge in [-0.3, -0.25) is 0 Å². The van der Waals surface area contributed by atoms with Crippen molar-refractivity contribution in [3.05, 3.63) is 59.4 Å². The van der Waals surface area contributed by atoms with E-state index in [1.165, 1.54) is 0 Å². The van der Waals surface area contributed by atoms with Gasteiger partial charge in [-0.2, -0.15) is 4.98 Å². The Hall–Kier alpha value is -3.14. The molecule has 0 spiro atoms. The van der Waals surface area contributed by atoms with Crippen molar-refractivity contribution < 1.29 is 4.74 Å². The summed E-state index contributed by atoms with van der Waals surface area (Å²) in [6.45, 7) is 1.45. The summed E-state index contributed by atoms with van der Waals surface area (Å²) in [4.78, 5) is 6.74. The Morgan fingerprint density at radius 3 is 2.82 bits per heavy atom. The average Bonchev–Trinajstić information content (AvgIpc) is 3.07. The molecule has 2 aromatic carbocycles. The van der Waals surface area contributed by atoms with Crippen LogP contribution in [0.2, 0.25) is 5.28 Å². The van der Waals surface area contributed by atoms with Crippen LogP contribution in [-0.2, 0) is 4.74 Å². The molecular weight excluding hydrogens is 374 g/mol. The second kappa shape index (κ2) is 6.79. The second-order valence-corrected chi connectivity index (χ2v) is 7.01. The number of nitrogens with zero attached hydrogens (tertiary/aromatic N) is 5. The van der Waals surface area contributed by atoms with E-state index in [4.69, 9.17) is 21.3 Å². The van der Waals surface area contributed by atoms with Gasteiger partial charge in [0, 0.05) is 23.7 Å². The normalized spacial score (nSPS) is 13.9. The maximum atomic E-state index is 6.21. The van der Waals surface area contributed by atoms with Crippen LogP contribution < -0.4 is 4.90 Å². The standard InChI is InChI=1S/C21H16ClN5O/c1-26(16-6-4-5-14(11-16)9-10-15-12-28-13-15)19-17-7-2-3-8-18(17)27-20(22)24-25-21(27)23-19/h2-8,11,15H,12-13H2,1H3. The first-order chi connectivity index (χ1) is 13.7. The first-order valence-corrected chi connectivity index (χ1v) is 9.31. The third kappa shape index (κ3) is 2.85. The van der Waals surface area contributed by atoms with E-state index in [0.29, 0.717) is 17.0 Å². The lowest BCUT2D eigenvalue weighted by Crippen LogP contribution is -2.25. The number of rotatable bonds is 2.